The zero-order chi connectivity index (χ0) is 24.0. The molecule has 1 atom stereocenters. The number of carbonyl (C=O) groups excluding carboxylic acids is 1. The van der Waals surface area contributed by atoms with Crippen LogP contribution in [-0.4, -0.2) is 20.4 Å². The van der Waals surface area contributed by atoms with Crippen molar-refractivity contribution in [1.82, 2.24) is 9.55 Å². The lowest BCUT2D eigenvalue weighted by Crippen LogP contribution is -2.31. The van der Waals surface area contributed by atoms with E-state index in [1.807, 2.05) is 67.8 Å². The predicted molar refractivity (Wildman–Crippen MR) is 132 cm³/mol. The SMILES string of the molecule is CC1=C(C(=O)Nc2ccc(C)cc2C)[C@@H](c2ccc([N+](=O)[O-])cc2)n2c(nc3ccccc32)N1. The third-order valence-corrected chi connectivity index (χ3v) is 6.13. The Morgan fingerprint density at radius 2 is 1.79 bits per heavy atom. The van der Waals surface area contributed by atoms with Crippen molar-refractivity contribution < 1.29 is 9.72 Å². The van der Waals surface area contributed by atoms with E-state index in [0.717, 1.165) is 33.4 Å². The van der Waals surface area contributed by atoms with Gasteiger partial charge < -0.3 is 10.6 Å². The Balaban J connectivity index is 1.65. The summed E-state index contributed by atoms with van der Waals surface area (Å²) in [6.07, 6.45) is 0. The number of hydrogen-bond acceptors (Lipinski definition) is 5. The molecule has 0 saturated heterocycles. The Hall–Kier alpha value is -4.46. The van der Waals surface area contributed by atoms with Gasteiger partial charge in [0.05, 0.1) is 27.6 Å². The molecule has 8 nitrogen and oxygen atoms in total. The number of aromatic nitrogens is 2. The molecular weight excluding hydrogens is 430 g/mol. The lowest BCUT2D eigenvalue weighted by atomic mass is 9.94. The number of allylic oxidation sites excluding steroid dienone is 1. The molecule has 1 aliphatic heterocycles. The van der Waals surface area contributed by atoms with Crippen LogP contribution in [0.25, 0.3) is 11.0 Å². The third-order valence-electron chi connectivity index (χ3n) is 6.13. The number of fused-ring (bicyclic) bond motifs is 3. The Labute approximate surface area is 196 Å². The summed E-state index contributed by atoms with van der Waals surface area (Å²) < 4.78 is 1.97. The molecule has 0 aliphatic carbocycles. The Kier molecular flexibility index (Phi) is 5.13. The van der Waals surface area contributed by atoms with Gasteiger partial charge in [-0.1, -0.05) is 29.8 Å². The summed E-state index contributed by atoms with van der Waals surface area (Å²) in [5, 5.41) is 17.6. The van der Waals surface area contributed by atoms with Crippen molar-refractivity contribution in [1.29, 1.82) is 0 Å². The minimum absolute atomic E-state index is 0.00428. The van der Waals surface area contributed by atoms with Crippen LogP contribution in [0.3, 0.4) is 0 Å². The van der Waals surface area contributed by atoms with Gasteiger partial charge in [0, 0.05) is 23.5 Å². The van der Waals surface area contributed by atoms with Gasteiger partial charge in [-0.3, -0.25) is 19.5 Å². The second-order valence-electron chi connectivity index (χ2n) is 8.48. The molecule has 4 aromatic rings. The van der Waals surface area contributed by atoms with Gasteiger partial charge >= 0.3 is 0 Å². The van der Waals surface area contributed by atoms with E-state index < -0.39 is 11.0 Å². The molecule has 1 aromatic heterocycles. The number of nitro benzene ring substituents is 1. The number of nitro groups is 1. The normalized spacial score (nSPS) is 15.1. The molecule has 8 heteroatoms. The van der Waals surface area contributed by atoms with Crippen molar-refractivity contribution in [2.45, 2.75) is 26.8 Å². The molecule has 5 rings (SSSR count). The number of non-ortho nitro benzene ring substituents is 1. The molecule has 0 spiro atoms. The summed E-state index contributed by atoms with van der Waals surface area (Å²) >= 11 is 0. The number of carbonyl (C=O) groups is 1. The number of nitrogens with zero attached hydrogens (tertiary/aromatic N) is 3. The standard InChI is InChI=1S/C26H23N5O3/c1-15-8-13-20(16(2)14-15)28-25(32)23-17(3)27-26-29-21-6-4-5-7-22(21)30(26)24(23)18-9-11-19(12-10-18)31(33)34/h4-14,24H,1-3H3,(H,27,29)(H,28,32)/t24-/m1/s1. The third kappa shape index (κ3) is 3.59. The van der Waals surface area contributed by atoms with E-state index >= 15 is 0 Å². The Morgan fingerprint density at radius 3 is 2.50 bits per heavy atom. The van der Waals surface area contributed by atoms with Gasteiger partial charge in [-0.25, -0.2) is 4.98 Å². The van der Waals surface area contributed by atoms with E-state index in [4.69, 9.17) is 4.98 Å². The van der Waals surface area contributed by atoms with Gasteiger partial charge in [0.25, 0.3) is 11.6 Å². The second-order valence-corrected chi connectivity index (χ2v) is 8.48. The highest BCUT2D eigenvalue weighted by molar-refractivity contribution is 6.06. The molecule has 1 amide bonds. The zero-order valence-electron chi connectivity index (χ0n) is 19.0. The highest BCUT2D eigenvalue weighted by atomic mass is 16.6. The van der Waals surface area contributed by atoms with Crippen LogP contribution >= 0.6 is 0 Å². The predicted octanol–water partition coefficient (Wildman–Crippen LogP) is 5.49. The first-order chi connectivity index (χ1) is 16.3. The summed E-state index contributed by atoms with van der Waals surface area (Å²) in [6.45, 7) is 5.81. The molecule has 170 valence electrons. The molecule has 2 N–H and O–H groups in total. The van der Waals surface area contributed by atoms with Crippen LogP contribution in [0.15, 0.2) is 78.0 Å². The number of anilines is 2. The first kappa shape index (κ1) is 21.4. The fraction of sp³-hybridized carbons (Fsp3) is 0.154. The molecule has 0 radical (unpaired) electrons. The molecular formula is C26H23N5O3. The van der Waals surface area contributed by atoms with Gasteiger partial charge in [-0.05, 0) is 62.2 Å². The maximum Gasteiger partial charge on any atom is 0.269 e. The second kappa shape index (κ2) is 8.15. The number of benzene rings is 3. The van der Waals surface area contributed by atoms with Crippen molar-refractivity contribution in [2.24, 2.45) is 0 Å². The van der Waals surface area contributed by atoms with Crippen molar-refractivity contribution >= 4 is 34.3 Å². The summed E-state index contributed by atoms with van der Waals surface area (Å²) in [4.78, 5) is 29.2. The van der Waals surface area contributed by atoms with E-state index in [-0.39, 0.29) is 11.6 Å². The van der Waals surface area contributed by atoms with E-state index in [2.05, 4.69) is 10.6 Å². The van der Waals surface area contributed by atoms with Crippen LogP contribution in [0.5, 0.6) is 0 Å². The highest BCUT2D eigenvalue weighted by Crippen LogP contribution is 2.40. The van der Waals surface area contributed by atoms with Gasteiger partial charge in [-0.15, -0.1) is 0 Å². The van der Waals surface area contributed by atoms with Gasteiger partial charge in [-0.2, -0.15) is 0 Å². The van der Waals surface area contributed by atoms with Crippen LogP contribution in [-0.2, 0) is 4.79 Å². The minimum atomic E-state index is -0.518. The smallest absolute Gasteiger partial charge is 0.269 e. The molecule has 1 aliphatic rings. The monoisotopic (exact) mass is 453 g/mol. The number of para-hydroxylation sites is 2. The Bertz CT molecular complexity index is 1480. The number of amides is 1. The first-order valence-corrected chi connectivity index (χ1v) is 10.9. The van der Waals surface area contributed by atoms with Crippen molar-refractivity contribution in [3.05, 3.63) is 105 Å². The fourth-order valence-electron chi connectivity index (χ4n) is 4.50. The molecule has 34 heavy (non-hydrogen) atoms. The average molecular weight is 454 g/mol. The van der Waals surface area contributed by atoms with Crippen molar-refractivity contribution in [3.63, 3.8) is 0 Å². The molecule has 2 heterocycles. The van der Waals surface area contributed by atoms with Crippen LogP contribution < -0.4 is 10.6 Å². The number of imidazole rings is 1. The maximum atomic E-state index is 13.7. The lowest BCUT2D eigenvalue weighted by Gasteiger charge is -2.30. The summed E-state index contributed by atoms with van der Waals surface area (Å²) in [6, 6.07) is 19.4. The van der Waals surface area contributed by atoms with Gasteiger partial charge in [0.15, 0.2) is 0 Å². The highest BCUT2D eigenvalue weighted by Gasteiger charge is 2.34. The molecule has 0 fully saturated rings. The van der Waals surface area contributed by atoms with E-state index in [1.54, 1.807) is 12.1 Å². The first-order valence-electron chi connectivity index (χ1n) is 10.9. The van der Waals surface area contributed by atoms with E-state index in [1.165, 1.54) is 12.1 Å². The van der Waals surface area contributed by atoms with E-state index in [0.29, 0.717) is 17.2 Å². The topological polar surface area (TPSA) is 102 Å². The zero-order valence-corrected chi connectivity index (χ0v) is 19.0. The quantitative estimate of drug-likeness (QED) is 0.314. The molecule has 0 bridgehead atoms. The maximum absolute atomic E-state index is 13.7. The Morgan fingerprint density at radius 1 is 1.06 bits per heavy atom. The fourth-order valence-corrected chi connectivity index (χ4v) is 4.50. The largest absolute Gasteiger partial charge is 0.329 e. The van der Waals surface area contributed by atoms with Crippen LogP contribution in [0.2, 0.25) is 0 Å². The van der Waals surface area contributed by atoms with Crippen molar-refractivity contribution in [2.75, 3.05) is 10.6 Å². The number of hydrogen-bond donors (Lipinski definition) is 2. The number of aryl methyl sites for hydroxylation is 2. The van der Waals surface area contributed by atoms with Crippen LogP contribution in [0.1, 0.15) is 29.7 Å². The van der Waals surface area contributed by atoms with Crippen molar-refractivity contribution in [3.8, 4) is 0 Å². The molecule has 3 aromatic carbocycles. The van der Waals surface area contributed by atoms with Gasteiger partial charge in [0.1, 0.15) is 0 Å². The molecule has 0 saturated carbocycles. The van der Waals surface area contributed by atoms with Gasteiger partial charge in [0.2, 0.25) is 5.95 Å². The minimum Gasteiger partial charge on any atom is -0.329 e. The summed E-state index contributed by atoms with van der Waals surface area (Å²) in [7, 11) is 0. The summed E-state index contributed by atoms with van der Waals surface area (Å²) in [5.41, 5.74) is 6.41. The average Bonchev–Trinajstić information content (AvgIpc) is 3.17. The summed E-state index contributed by atoms with van der Waals surface area (Å²) in [5.74, 6) is 0.369. The number of rotatable bonds is 4. The van der Waals surface area contributed by atoms with Crippen LogP contribution in [0, 0.1) is 24.0 Å². The number of nitrogens with one attached hydrogen (secondary N) is 2. The lowest BCUT2D eigenvalue weighted by molar-refractivity contribution is -0.384. The molecule has 0 unspecified atom stereocenters. The van der Waals surface area contributed by atoms with Crippen LogP contribution in [0.4, 0.5) is 17.3 Å². The van der Waals surface area contributed by atoms with E-state index in [9.17, 15) is 14.9 Å².